The van der Waals surface area contributed by atoms with Gasteiger partial charge in [0.15, 0.2) is 0 Å². The van der Waals surface area contributed by atoms with Gasteiger partial charge in [0.1, 0.15) is 4.90 Å². The molecule has 118 valence electrons. The number of halogens is 1. The highest BCUT2D eigenvalue weighted by molar-refractivity contribution is 9.10. The summed E-state index contributed by atoms with van der Waals surface area (Å²) in [5.74, 6) is 0. The molecule has 1 unspecified atom stereocenters. The maximum Gasteiger partial charge on any atom is 0.245 e. The standard InChI is InChI=1S/C14H22BrN3O2S/c1-3-11(2)17-6-8-18(9-7-17)21(19,20)14-10-12(15)4-5-13(14)16/h4-5,10-11H,3,6-9,16H2,1-2H3. The van der Waals surface area contributed by atoms with Crippen LogP contribution < -0.4 is 5.73 Å². The largest absolute Gasteiger partial charge is 0.398 e. The molecule has 1 heterocycles. The molecular weight excluding hydrogens is 354 g/mol. The minimum Gasteiger partial charge on any atom is -0.398 e. The topological polar surface area (TPSA) is 66.6 Å². The minimum atomic E-state index is -3.52. The van der Waals surface area contributed by atoms with Crippen LogP contribution in [0.25, 0.3) is 0 Å². The predicted molar refractivity (Wildman–Crippen MR) is 88.6 cm³/mol. The summed E-state index contributed by atoms with van der Waals surface area (Å²) in [6.45, 7) is 6.88. The van der Waals surface area contributed by atoms with Crippen molar-refractivity contribution in [1.82, 2.24) is 9.21 Å². The summed E-state index contributed by atoms with van der Waals surface area (Å²) < 4.78 is 27.7. The van der Waals surface area contributed by atoms with Crippen molar-refractivity contribution >= 4 is 31.6 Å². The van der Waals surface area contributed by atoms with E-state index < -0.39 is 10.0 Å². The third-order valence-corrected chi connectivity index (χ3v) is 6.53. The average molecular weight is 376 g/mol. The maximum absolute atomic E-state index is 12.7. The first-order chi connectivity index (χ1) is 9.86. The monoisotopic (exact) mass is 375 g/mol. The van der Waals surface area contributed by atoms with Crippen molar-refractivity contribution in [3.05, 3.63) is 22.7 Å². The average Bonchev–Trinajstić information content (AvgIpc) is 2.49. The summed E-state index contributed by atoms with van der Waals surface area (Å²) >= 11 is 3.30. The van der Waals surface area contributed by atoms with Gasteiger partial charge in [-0.05, 0) is 31.5 Å². The zero-order chi connectivity index (χ0) is 15.6. The summed E-state index contributed by atoms with van der Waals surface area (Å²) in [4.78, 5) is 2.52. The van der Waals surface area contributed by atoms with E-state index in [0.29, 0.717) is 29.3 Å². The molecule has 7 heteroatoms. The lowest BCUT2D eigenvalue weighted by molar-refractivity contribution is 0.142. The number of benzene rings is 1. The van der Waals surface area contributed by atoms with Gasteiger partial charge in [-0.25, -0.2) is 8.42 Å². The molecule has 0 spiro atoms. The number of anilines is 1. The van der Waals surface area contributed by atoms with Crippen LogP contribution >= 0.6 is 15.9 Å². The summed E-state index contributed by atoms with van der Waals surface area (Å²) in [5.41, 5.74) is 6.14. The Balaban J connectivity index is 2.17. The molecule has 2 N–H and O–H groups in total. The Morgan fingerprint density at radius 1 is 1.29 bits per heavy atom. The van der Waals surface area contributed by atoms with Crippen molar-refractivity contribution in [2.24, 2.45) is 0 Å². The fourth-order valence-corrected chi connectivity index (χ4v) is 4.59. The van der Waals surface area contributed by atoms with Gasteiger partial charge >= 0.3 is 0 Å². The highest BCUT2D eigenvalue weighted by atomic mass is 79.9. The molecule has 0 aromatic heterocycles. The molecule has 5 nitrogen and oxygen atoms in total. The lowest BCUT2D eigenvalue weighted by atomic mass is 10.2. The van der Waals surface area contributed by atoms with Gasteiger partial charge in [0.2, 0.25) is 10.0 Å². The van der Waals surface area contributed by atoms with Gasteiger partial charge in [0.05, 0.1) is 5.69 Å². The van der Waals surface area contributed by atoms with E-state index in [2.05, 4.69) is 34.7 Å². The normalized spacial score (nSPS) is 19.6. The number of nitrogen functional groups attached to an aromatic ring is 1. The van der Waals surface area contributed by atoms with Crippen molar-refractivity contribution in [3.8, 4) is 0 Å². The molecule has 1 aromatic carbocycles. The first kappa shape index (κ1) is 16.7. The van der Waals surface area contributed by atoms with Crippen molar-refractivity contribution < 1.29 is 8.42 Å². The van der Waals surface area contributed by atoms with Crippen LogP contribution in [0.5, 0.6) is 0 Å². The molecule has 1 fully saturated rings. The first-order valence-electron chi connectivity index (χ1n) is 7.15. The second kappa shape index (κ2) is 6.64. The van der Waals surface area contributed by atoms with Gasteiger partial charge in [-0.2, -0.15) is 4.31 Å². The molecule has 1 saturated heterocycles. The maximum atomic E-state index is 12.7. The molecule has 0 aliphatic carbocycles. The van der Waals surface area contributed by atoms with Gasteiger partial charge in [0, 0.05) is 36.7 Å². The van der Waals surface area contributed by atoms with E-state index in [4.69, 9.17) is 5.73 Å². The van der Waals surface area contributed by atoms with Crippen LogP contribution in [0.15, 0.2) is 27.6 Å². The van der Waals surface area contributed by atoms with Crippen LogP contribution in [0.3, 0.4) is 0 Å². The van der Waals surface area contributed by atoms with Crippen molar-refractivity contribution in [2.45, 2.75) is 31.2 Å². The van der Waals surface area contributed by atoms with Crippen LogP contribution in [0.2, 0.25) is 0 Å². The van der Waals surface area contributed by atoms with Crippen LogP contribution in [0.4, 0.5) is 5.69 Å². The van der Waals surface area contributed by atoms with E-state index in [-0.39, 0.29) is 4.90 Å². The molecule has 1 aliphatic rings. The van der Waals surface area contributed by atoms with Gasteiger partial charge in [-0.3, -0.25) is 4.90 Å². The number of hydrogen-bond acceptors (Lipinski definition) is 4. The van der Waals surface area contributed by atoms with Gasteiger partial charge in [-0.15, -0.1) is 0 Å². The SMILES string of the molecule is CCC(C)N1CCN(S(=O)(=O)c2cc(Br)ccc2N)CC1. The number of nitrogens with two attached hydrogens (primary N) is 1. The molecule has 2 rings (SSSR count). The number of rotatable bonds is 4. The summed E-state index contributed by atoms with van der Waals surface area (Å²) in [6.07, 6.45) is 1.07. The van der Waals surface area contributed by atoms with Gasteiger partial charge < -0.3 is 5.73 Å². The molecule has 0 radical (unpaired) electrons. The van der Waals surface area contributed by atoms with Crippen molar-refractivity contribution in [3.63, 3.8) is 0 Å². The Bertz CT molecular complexity index is 598. The van der Waals surface area contributed by atoms with Crippen LogP contribution in [-0.4, -0.2) is 49.8 Å². The second-order valence-electron chi connectivity index (χ2n) is 5.38. The number of piperazine rings is 1. The van der Waals surface area contributed by atoms with E-state index in [1.165, 1.54) is 4.31 Å². The molecule has 1 aliphatic heterocycles. The number of nitrogens with zero attached hydrogens (tertiary/aromatic N) is 2. The van der Waals surface area contributed by atoms with Crippen molar-refractivity contribution in [2.75, 3.05) is 31.9 Å². The summed E-state index contributed by atoms with van der Waals surface area (Å²) in [5, 5.41) is 0. The molecule has 0 bridgehead atoms. The number of sulfonamides is 1. The van der Waals surface area contributed by atoms with Gasteiger partial charge in [-0.1, -0.05) is 22.9 Å². The molecule has 0 amide bonds. The van der Waals surface area contributed by atoms with Crippen LogP contribution in [0, 0.1) is 0 Å². The van der Waals surface area contributed by atoms with Crippen molar-refractivity contribution in [1.29, 1.82) is 0 Å². The van der Waals surface area contributed by atoms with E-state index in [1.807, 2.05) is 0 Å². The first-order valence-corrected chi connectivity index (χ1v) is 9.38. The fraction of sp³-hybridized carbons (Fsp3) is 0.571. The molecular formula is C14H22BrN3O2S. The molecule has 0 saturated carbocycles. The smallest absolute Gasteiger partial charge is 0.245 e. The van der Waals surface area contributed by atoms with E-state index in [1.54, 1.807) is 18.2 Å². The highest BCUT2D eigenvalue weighted by Gasteiger charge is 2.30. The minimum absolute atomic E-state index is 0.189. The summed E-state index contributed by atoms with van der Waals surface area (Å²) in [7, 11) is -3.52. The zero-order valence-corrected chi connectivity index (χ0v) is 14.8. The Morgan fingerprint density at radius 2 is 1.90 bits per heavy atom. The quantitative estimate of drug-likeness (QED) is 0.818. The Hall–Kier alpha value is -0.630. The van der Waals surface area contributed by atoms with E-state index >= 15 is 0 Å². The second-order valence-corrected chi connectivity index (χ2v) is 8.20. The summed E-state index contributed by atoms with van der Waals surface area (Å²) in [6, 6.07) is 5.43. The van der Waals surface area contributed by atoms with Gasteiger partial charge in [0.25, 0.3) is 0 Å². The van der Waals surface area contributed by atoms with E-state index in [9.17, 15) is 8.42 Å². The molecule has 1 atom stereocenters. The lowest BCUT2D eigenvalue weighted by Gasteiger charge is -2.37. The van der Waals surface area contributed by atoms with Crippen LogP contribution in [-0.2, 0) is 10.0 Å². The Labute approximate surface area is 135 Å². The lowest BCUT2D eigenvalue weighted by Crippen LogP contribution is -2.51. The molecule has 1 aromatic rings. The zero-order valence-electron chi connectivity index (χ0n) is 12.4. The highest BCUT2D eigenvalue weighted by Crippen LogP contribution is 2.27. The predicted octanol–water partition coefficient (Wildman–Crippen LogP) is 2.14. The third kappa shape index (κ3) is 3.59. The van der Waals surface area contributed by atoms with Crippen LogP contribution in [0.1, 0.15) is 20.3 Å². The number of hydrogen-bond donors (Lipinski definition) is 1. The van der Waals surface area contributed by atoms with E-state index in [0.717, 1.165) is 19.5 Å². The molecule has 21 heavy (non-hydrogen) atoms. The third-order valence-electron chi connectivity index (χ3n) is 4.08. The Morgan fingerprint density at radius 3 is 2.48 bits per heavy atom. The fourth-order valence-electron chi connectivity index (χ4n) is 2.51. The Kier molecular flexibility index (Phi) is 5.29.